The van der Waals surface area contributed by atoms with E-state index in [-0.39, 0.29) is 53.0 Å². The molecule has 15 heteroatoms. The standard InChI is InChI=1S/C27H33FN4O8S2/c1-29-41(35,36)21-5-2-4-20(12-21)39-17-19(33)14-30-18-13-27(40-16-18)8-10-32(11-9-27)42(37,38)24-15-31-25-22(26(24)34)6-3-7-23(25)28/h2-7,12,15,18-19,29-30,33H,8-11,13-14,16-17H2,1H3,(H,31,34)/t18-,19?/m1/s1. The van der Waals surface area contributed by atoms with Gasteiger partial charge in [-0.05, 0) is 50.6 Å². The Morgan fingerprint density at radius 2 is 1.93 bits per heavy atom. The molecule has 2 fully saturated rings. The lowest BCUT2D eigenvalue weighted by Crippen LogP contribution is -2.47. The number of aromatic hydroxyl groups is 1. The summed E-state index contributed by atoms with van der Waals surface area (Å²) in [6, 6.07) is 9.91. The van der Waals surface area contributed by atoms with Gasteiger partial charge in [0.2, 0.25) is 20.0 Å². The minimum atomic E-state index is -4.08. The molecule has 0 aliphatic carbocycles. The molecule has 2 saturated heterocycles. The predicted molar refractivity (Wildman–Crippen MR) is 151 cm³/mol. The van der Waals surface area contributed by atoms with Gasteiger partial charge in [-0.2, -0.15) is 4.31 Å². The maximum Gasteiger partial charge on any atom is 0.248 e. The van der Waals surface area contributed by atoms with Crippen LogP contribution >= 0.6 is 0 Å². The number of fused-ring (bicyclic) bond motifs is 1. The van der Waals surface area contributed by atoms with Gasteiger partial charge < -0.3 is 25.0 Å². The van der Waals surface area contributed by atoms with Crippen LogP contribution in [0.15, 0.2) is 58.5 Å². The van der Waals surface area contributed by atoms with Crippen molar-refractivity contribution in [2.45, 2.75) is 46.8 Å². The first-order chi connectivity index (χ1) is 19.9. The van der Waals surface area contributed by atoms with E-state index >= 15 is 0 Å². The molecule has 0 saturated carbocycles. The number of aromatic nitrogens is 1. The van der Waals surface area contributed by atoms with Gasteiger partial charge in [0.1, 0.15) is 40.4 Å². The molecule has 3 heterocycles. The number of hydrogen-bond acceptors (Lipinski definition) is 10. The van der Waals surface area contributed by atoms with Gasteiger partial charge in [0, 0.05) is 37.1 Å². The Balaban J connectivity index is 1.12. The van der Waals surface area contributed by atoms with Crippen LogP contribution in [0, 0.1) is 5.82 Å². The highest BCUT2D eigenvalue weighted by Gasteiger charge is 2.45. The van der Waals surface area contributed by atoms with E-state index in [0.29, 0.717) is 31.6 Å². The summed E-state index contributed by atoms with van der Waals surface area (Å²) in [4.78, 5) is 3.63. The molecule has 5 rings (SSSR count). The summed E-state index contributed by atoms with van der Waals surface area (Å²) in [5, 5.41) is 24.3. The van der Waals surface area contributed by atoms with Crippen LogP contribution in [0.25, 0.3) is 10.9 Å². The summed E-state index contributed by atoms with van der Waals surface area (Å²) in [6.07, 6.45) is 1.63. The van der Waals surface area contributed by atoms with Crippen molar-refractivity contribution in [3.63, 3.8) is 0 Å². The molecule has 0 radical (unpaired) electrons. The molecular weight excluding hydrogens is 591 g/mol. The van der Waals surface area contributed by atoms with E-state index in [1.165, 1.54) is 41.7 Å². The lowest BCUT2D eigenvalue weighted by molar-refractivity contribution is -0.0312. The van der Waals surface area contributed by atoms with Crippen molar-refractivity contribution in [1.82, 2.24) is 19.3 Å². The Labute approximate surface area is 243 Å². The van der Waals surface area contributed by atoms with Crippen molar-refractivity contribution in [1.29, 1.82) is 0 Å². The van der Waals surface area contributed by atoms with Gasteiger partial charge in [-0.1, -0.05) is 12.1 Å². The van der Waals surface area contributed by atoms with Crippen molar-refractivity contribution < 1.29 is 40.9 Å². The first-order valence-corrected chi connectivity index (χ1v) is 16.3. The van der Waals surface area contributed by atoms with E-state index < -0.39 is 43.3 Å². The number of nitrogens with zero attached hydrogens (tertiary/aromatic N) is 2. The average Bonchev–Trinajstić information content (AvgIpc) is 3.37. The van der Waals surface area contributed by atoms with Gasteiger partial charge in [-0.25, -0.2) is 25.9 Å². The third kappa shape index (κ3) is 6.22. The Morgan fingerprint density at radius 1 is 1.19 bits per heavy atom. The number of ether oxygens (including phenoxy) is 2. The molecule has 2 aliphatic rings. The quantitative estimate of drug-likeness (QED) is 0.258. The Bertz CT molecular complexity index is 1660. The summed E-state index contributed by atoms with van der Waals surface area (Å²) in [6.45, 7) is 0.910. The molecule has 2 aliphatic heterocycles. The number of pyridine rings is 1. The molecule has 42 heavy (non-hydrogen) atoms. The van der Waals surface area contributed by atoms with Crippen LogP contribution in [0.1, 0.15) is 19.3 Å². The highest BCUT2D eigenvalue weighted by Crippen LogP contribution is 2.39. The van der Waals surface area contributed by atoms with Crippen LogP contribution < -0.4 is 14.8 Å². The van der Waals surface area contributed by atoms with Gasteiger partial charge in [0.25, 0.3) is 0 Å². The molecule has 1 unspecified atom stereocenters. The van der Waals surface area contributed by atoms with E-state index in [1.807, 2.05) is 0 Å². The molecule has 1 spiro atoms. The lowest BCUT2D eigenvalue weighted by Gasteiger charge is -2.38. The van der Waals surface area contributed by atoms with Crippen LogP contribution in [-0.4, -0.2) is 94.0 Å². The molecule has 228 valence electrons. The van der Waals surface area contributed by atoms with Crippen LogP contribution in [0.2, 0.25) is 0 Å². The third-order valence-electron chi connectivity index (χ3n) is 7.72. The molecule has 12 nitrogen and oxygen atoms in total. The van der Waals surface area contributed by atoms with Crippen molar-refractivity contribution in [2.75, 3.05) is 39.9 Å². The lowest BCUT2D eigenvalue weighted by atomic mass is 9.88. The number of halogens is 1. The number of benzene rings is 2. The van der Waals surface area contributed by atoms with E-state index in [1.54, 1.807) is 12.1 Å². The van der Waals surface area contributed by atoms with Gasteiger partial charge in [0.15, 0.2) is 0 Å². The van der Waals surface area contributed by atoms with Gasteiger partial charge in [-0.15, -0.1) is 0 Å². The molecule has 0 amide bonds. The maximum atomic E-state index is 14.0. The number of rotatable bonds is 10. The van der Waals surface area contributed by atoms with Crippen molar-refractivity contribution in [3.05, 3.63) is 54.5 Å². The number of nitrogens with one attached hydrogen (secondary N) is 2. The molecule has 2 atom stereocenters. The molecular formula is C27H33FN4O8S2. The smallest absolute Gasteiger partial charge is 0.248 e. The normalized spacial score (nSPS) is 20.2. The zero-order valence-corrected chi connectivity index (χ0v) is 24.5. The average molecular weight is 625 g/mol. The summed E-state index contributed by atoms with van der Waals surface area (Å²) in [5.41, 5.74) is -0.618. The largest absolute Gasteiger partial charge is 0.506 e. The third-order valence-corrected chi connectivity index (χ3v) is 11.0. The molecule has 4 N–H and O–H groups in total. The minimum Gasteiger partial charge on any atom is -0.506 e. The van der Waals surface area contributed by atoms with Crippen molar-refractivity contribution in [3.8, 4) is 11.5 Å². The maximum absolute atomic E-state index is 14.0. The minimum absolute atomic E-state index is 0.0282. The first-order valence-electron chi connectivity index (χ1n) is 13.4. The number of piperidine rings is 1. The Hall–Kier alpha value is -2.92. The zero-order chi connectivity index (χ0) is 30.1. The number of para-hydroxylation sites is 1. The van der Waals surface area contributed by atoms with Crippen LogP contribution in [-0.2, 0) is 24.8 Å². The zero-order valence-electron chi connectivity index (χ0n) is 22.9. The van der Waals surface area contributed by atoms with Gasteiger partial charge in [0.05, 0.1) is 23.3 Å². The van der Waals surface area contributed by atoms with Gasteiger partial charge >= 0.3 is 0 Å². The number of sulfonamides is 2. The molecule has 2 aromatic carbocycles. The fourth-order valence-electron chi connectivity index (χ4n) is 5.34. The summed E-state index contributed by atoms with van der Waals surface area (Å²) in [5.74, 6) is -0.865. The van der Waals surface area contributed by atoms with E-state index in [4.69, 9.17) is 9.47 Å². The Morgan fingerprint density at radius 3 is 2.67 bits per heavy atom. The summed E-state index contributed by atoms with van der Waals surface area (Å²) < 4.78 is 79.8. The second-order valence-electron chi connectivity index (χ2n) is 10.5. The second kappa shape index (κ2) is 12.0. The fourth-order valence-corrected chi connectivity index (χ4v) is 7.59. The predicted octanol–water partition coefficient (Wildman–Crippen LogP) is 1.33. The number of hydrogen-bond donors (Lipinski definition) is 4. The van der Waals surface area contributed by atoms with Crippen molar-refractivity contribution >= 4 is 30.9 Å². The SMILES string of the molecule is CNS(=O)(=O)c1cccc(OCC(O)CN[C@H]2COC3(CCN(S(=O)(=O)c4cnc5c(F)cccc5c4O)CC3)C2)c1. The fraction of sp³-hybridized carbons (Fsp3) is 0.444. The number of aliphatic hydroxyl groups is 1. The molecule has 3 aromatic rings. The number of aliphatic hydroxyl groups excluding tert-OH is 1. The van der Waals surface area contributed by atoms with Crippen LogP contribution in [0.3, 0.4) is 0 Å². The van der Waals surface area contributed by atoms with Gasteiger partial charge in [-0.3, -0.25) is 4.98 Å². The summed E-state index contributed by atoms with van der Waals surface area (Å²) >= 11 is 0. The molecule has 1 aromatic heterocycles. The molecule has 0 bridgehead atoms. The topological polar surface area (TPSA) is 167 Å². The van der Waals surface area contributed by atoms with Crippen molar-refractivity contribution in [2.24, 2.45) is 0 Å². The first kappa shape index (κ1) is 30.5. The monoisotopic (exact) mass is 624 g/mol. The van der Waals surface area contributed by atoms with E-state index in [9.17, 15) is 31.4 Å². The van der Waals surface area contributed by atoms with Crippen LogP contribution in [0.4, 0.5) is 4.39 Å². The Kier molecular flexibility index (Phi) is 8.72. The summed E-state index contributed by atoms with van der Waals surface area (Å²) in [7, 11) is -6.37. The second-order valence-corrected chi connectivity index (χ2v) is 14.3. The van der Waals surface area contributed by atoms with E-state index in [0.717, 1.165) is 6.20 Å². The highest BCUT2D eigenvalue weighted by molar-refractivity contribution is 7.89. The van der Waals surface area contributed by atoms with Crippen LogP contribution in [0.5, 0.6) is 11.5 Å². The van der Waals surface area contributed by atoms with E-state index in [2.05, 4.69) is 15.0 Å². The highest BCUT2D eigenvalue weighted by atomic mass is 32.2.